The fraction of sp³-hybridized carbons (Fsp3) is 0.200. The van der Waals surface area contributed by atoms with Gasteiger partial charge in [0.1, 0.15) is 5.75 Å². The summed E-state index contributed by atoms with van der Waals surface area (Å²) in [7, 11) is 1.42. The number of nitro groups is 1. The quantitative estimate of drug-likeness (QED) is 0.651. The number of hydrogen-bond acceptors (Lipinski definition) is 5. The molecule has 1 heterocycles. The number of rotatable bonds is 5. The van der Waals surface area contributed by atoms with Crippen LogP contribution < -0.4 is 15.4 Å². The molecule has 0 spiro atoms. The highest BCUT2D eigenvalue weighted by Gasteiger charge is 2.15. The number of anilines is 1. The van der Waals surface area contributed by atoms with Gasteiger partial charge in [0.15, 0.2) is 0 Å². The molecular weight excluding hydrogens is 300 g/mol. The van der Waals surface area contributed by atoms with Crippen LogP contribution in [-0.2, 0) is 0 Å². The van der Waals surface area contributed by atoms with Gasteiger partial charge in [-0.15, -0.1) is 0 Å². The Morgan fingerprint density at radius 3 is 2.61 bits per heavy atom. The SMILES string of the molecule is COc1ccc([N+](=O)[O-])cc1NC(=O)NC(C)c1ccncc1. The van der Waals surface area contributed by atoms with Crippen molar-refractivity contribution in [2.45, 2.75) is 13.0 Å². The van der Waals surface area contributed by atoms with Gasteiger partial charge in [-0.3, -0.25) is 15.1 Å². The lowest BCUT2D eigenvalue weighted by atomic mass is 10.1. The van der Waals surface area contributed by atoms with Gasteiger partial charge < -0.3 is 15.4 Å². The van der Waals surface area contributed by atoms with Gasteiger partial charge >= 0.3 is 6.03 Å². The van der Waals surface area contributed by atoms with E-state index in [1.807, 2.05) is 6.92 Å². The molecule has 8 heteroatoms. The van der Waals surface area contributed by atoms with Crippen LogP contribution in [0.5, 0.6) is 5.75 Å². The third-order valence-electron chi connectivity index (χ3n) is 3.20. The molecule has 1 unspecified atom stereocenters. The largest absolute Gasteiger partial charge is 0.495 e. The predicted octanol–water partition coefficient (Wildman–Crippen LogP) is 2.88. The van der Waals surface area contributed by atoms with E-state index in [1.165, 1.54) is 25.3 Å². The number of nitrogens with one attached hydrogen (secondary N) is 2. The summed E-state index contributed by atoms with van der Waals surface area (Å²) in [5.41, 5.74) is 0.977. The second-order valence-corrected chi connectivity index (χ2v) is 4.74. The number of pyridine rings is 1. The third kappa shape index (κ3) is 4.16. The summed E-state index contributed by atoms with van der Waals surface area (Å²) < 4.78 is 5.10. The smallest absolute Gasteiger partial charge is 0.319 e. The van der Waals surface area contributed by atoms with Crippen molar-refractivity contribution in [3.8, 4) is 5.75 Å². The van der Waals surface area contributed by atoms with Gasteiger partial charge in [0.25, 0.3) is 5.69 Å². The molecule has 0 aliphatic heterocycles. The average Bonchev–Trinajstić information content (AvgIpc) is 2.55. The Labute approximate surface area is 132 Å². The van der Waals surface area contributed by atoms with Gasteiger partial charge in [-0.25, -0.2) is 4.79 Å². The van der Waals surface area contributed by atoms with Crippen LogP contribution in [0.4, 0.5) is 16.2 Å². The van der Waals surface area contributed by atoms with Crippen molar-refractivity contribution in [2.24, 2.45) is 0 Å². The number of nitro benzene ring substituents is 1. The molecule has 0 bridgehead atoms. The molecule has 2 aromatic rings. The minimum Gasteiger partial charge on any atom is -0.495 e. The van der Waals surface area contributed by atoms with E-state index in [2.05, 4.69) is 15.6 Å². The van der Waals surface area contributed by atoms with Gasteiger partial charge in [-0.1, -0.05) is 0 Å². The molecule has 23 heavy (non-hydrogen) atoms. The second-order valence-electron chi connectivity index (χ2n) is 4.74. The fourth-order valence-electron chi connectivity index (χ4n) is 2.00. The molecule has 8 nitrogen and oxygen atoms in total. The number of methoxy groups -OCH3 is 1. The van der Waals surface area contributed by atoms with Crippen molar-refractivity contribution < 1.29 is 14.5 Å². The molecule has 2 amide bonds. The molecule has 1 aromatic heterocycles. The molecule has 120 valence electrons. The van der Waals surface area contributed by atoms with Crippen LogP contribution in [0.1, 0.15) is 18.5 Å². The maximum Gasteiger partial charge on any atom is 0.319 e. The van der Waals surface area contributed by atoms with E-state index in [0.29, 0.717) is 5.75 Å². The summed E-state index contributed by atoms with van der Waals surface area (Å²) in [6, 6.07) is 6.82. The zero-order valence-corrected chi connectivity index (χ0v) is 12.6. The molecule has 0 radical (unpaired) electrons. The normalized spacial score (nSPS) is 11.4. The van der Waals surface area contributed by atoms with E-state index in [-0.39, 0.29) is 17.4 Å². The van der Waals surface area contributed by atoms with E-state index in [9.17, 15) is 14.9 Å². The summed E-state index contributed by atoms with van der Waals surface area (Å²) in [6.07, 6.45) is 3.27. The summed E-state index contributed by atoms with van der Waals surface area (Å²) in [5.74, 6) is 0.335. The highest BCUT2D eigenvalue weighted by molar-refractivity contribution is 5.91. The predicted molar refractivity (Wildman–Crippen MR) is 84.5 cm³/mol. The summed E-state index contributed by atoms with van der Waals surface area (Å²) in [4.78, 5) is 26.3. The lowest BCUT2D eigenvalue weighted by Crippen LogP contribution is -2.31. The monoisotopic (exact) mass is 316 g/mol. The molecular formula is C15H16N4O4. The molecule has 2 N–H and O–H groups in total. The molecule has 1 atom stereocenters. The number of benzene rings is 1. The molecule has 0 saturated carbocycles. The Morgan fingerprint density at radius 1 is 1.30 bits per heavy atom. The number of amides is 2. The fourth-order valence-corrected chi connectivity index (χ4v) is 2.00. The van der Waals surface area contributed by atoms with Crippen LogP contribution in [-0.4, -0.2) is 23.0 Å². The highest BCUT2D eigenvalue weighted by Crippen LogP contribution is 2.28. The van der Waals surface area contributed by atoms with Crippen LogP contribution in [0.2, 0.25) is 0 Å². The Hall–Kier alpha value is -3.16. The van der Waals surface area contributed by atoms with Crippen molar-refractivity contribution in [2.75, 3.05) is 12.4 Å². The van der Waals surface area contributed by atoms with Crippen LogP contribution >= 0.6 is 0 Å². The van der Waals surface area contributed by atoms with Crippen LogP contribution in [0.25, 0.3) is 0 Å². The lowest BCUT2D eigenvalue weighted by molar-refractivity contribution is -0.384. The van der Waals surface area contributed by atoms with E-state index in [0.717, 1.165) is 5.56 Å². The lowest BCUT2D eigenvalue weighted by Gasteiger charge is -2.16. The van der Waals surface area contributed by atoms with Crippen molar-refractivity contribution in [1.29, 1.82) is 0 Å². The minimum atomic E-state index is -0.540. The van der Waals surface area contributed by atoms with E-state index in [4.69, 9.17) is 4.74 Å². The van der Waals surface area contributed by atoms with Crippen LogP contribution in [0, 0.1) is 10.1 Å². The highest BCUT2D eigenvalue weighted by atomic mass is 16.6. The Bertz CT molecular complexity index is 706. The van der Waals surface area contributed by atoms with E-state index >= 15 is 0 Å². The minimum absolute atomic E-state index is 0.136. The van der Waals surface area contributed by atoms with E-state index in [1.54, 1.807) is 24.5 Å². The van der Waals surface area contributed by atoms with Gasteiger partial charge in [0, 0.05) is 24.5 Å². The van der Waals surface area contributed by atoms with Gasteiger partial charge in [-0.05, 0) is 30.7 Å². The van der Waals surface area contributed by atoms with Gasteiger partial charge in [-0.2, -0.15) is 0 Å². The molecule has 0 aliphatic rings. The van der Waals surface area contributed by atoms with E-state index < -0.39 is 11.0 Å². The molecule has 2 rings (SSSR count). The standard InChI is InChI=1S/C15H16N4O4/c1-10(11-5-7-16-8-6-11)17-15(20)18-13-9-12(19(21)22)3-4-14(13)23-2/h3-10H,1-2H3,(H2,17,18,20). The Kier molecular flexibility index (Phi) is 5.08. The van der Waals surface area contributed by atoms with Crippen molar-refractivity contribution in [3.05, 3.63) is 58.4 Å². The Balaban J connectivity index is 2.10. The van der Waals surface area contributed by atoms with Crippen molar-refractivity contribution >= 4 is 17.4 Å². The van der Waals surface area contributed by atoms with Crippen LogP contribution in [0.3, 0.4) is 0 Å². The average molecular weight is 316 g/mol. The summed E-state index contributed by atoms with van der Waals surface area (Å²) in [6.45, 7) is 1.82. The summed E-state index contributed by atoms with van der Waals surface area (Å²) >= 11 is 0. The van der Waals surface area contributed by atoms with Crippen LogP contribution in [0.15, 0.2) is 42.7 Å². The Morgan fingerprint density at radius 2 is 2.00 bits per heavy atom. The molecule has 0 saturated heterocycles. The number of nitrogens with zero attached hydrogens (tertiary/aromatic N) is 2. The number of urea groups is 1. The number of carbonyl (C=O) groups is 1. The number of ether oxygens (including phenoxy) is 1. The maximum absolute atomic E-state index is 12.1. The third-order valence-corrected chi connectivity index (χ3v) is 3.20. The topological polar surface area (TPSA) is 106 Å². The van der Waals surface area contributed by atoms with Gasteiger partial charge in [0.2, 0.25) is 0 Å². The van der Waals surface area contributed by atoms with Gasteiger partial charge in [0.05, 0.1) is 23.8 Å². The number of aromatic nitrogens is 1. The maximum atomic E-state index is 12.1. The first kappa shape index (κ1) is 16.2. The zero-order valence-electron chi connectivity index (χ0n) is 12.6. The number of carbonyl (C=O) groups excluding carboxylic acids is 1. The first-order valence-electron chi connectivity index (χ1n) is 6.81. The number of hydrogen-bond donors (Lipinski definition) is 2. The second kappa shape index (κ2) is 7.21. The summed E-state index contributed by atoms with van der Waals surface area (Å²) in [5, 5.41) is 16.1. The molecule has 0 fully saturated rings. The first-order valence-corrected chi connectivity index (χ1v) is 6.81. The molecule has 1 aromatic carbocycles. The number of non-ortho nitro benzene ring substituents is 1. The molecule has 0 aliphatic carbocycles. The first-order chi connectivity index (χ1) is 11.0. The van der Waals surface area contributed by atoms with Crippen molar-refractivity contribution in [3.63, 3.8) is 0 Å². The zero-order chi connectivity index (χ0) is 16.8. The van der Waals surface area contributed by atoms with Crippen molar-refractivity contribution in [1.82, 2.24) is 10.3 Å².